The Morgan fingerprint density at radius 3 is 2.91 bits per heavy atom. The molecule has 3 rings (SSSR count). The molecule has 0 bridgehead atoms. The molecule has 1 amide bonds. The highest BCUT2D eigenvalue weighted by Gasteiger charge is 2.16. The molecule has 0 spiro atoms. The van der Waals surface area contributed by atoms with E-state index in [1.54, 1.807) is 41.4 Å². The van der Waals surface area contributed by atoms with Crippen molar-refractivity contribution in [3.8, 4) is 5.75 Å². The summed E-state index contributed by atoms with van der Waals surface area (Å²) >= 11 is 1.29. The van der Waals surface area contributed by atoms with Crippen LogP contribution in [-0.4, -0.2) is 22.6 Å². The van der Waals surface area contributed by atoms with E-state index in [1.807, 2.05) is 0 Å². The number of pyridine rings is 1. The van der Waals surface area contributed by atoms with Crippen LogP contribution in [0.3, 0.4) is 0 Å². The van der Waals surface area contributed by atoms with Crippen LogP contribution in [0.2, 0.25) is 0 Å². The zero-order valence-corrected chi connectivity index (χ0v) is 12.8. The fourth-order valence-corrected chi connectivity index (χ4v) is 2.73. The molecule has 0 aliphatic heterocycles. The number of nitrogens with zero attached hydrogens (tertiary/aromatic N) is 2. The maximum atomic E-state index is 12.6. The minimum Gasteiger partial charge on any atom is -0.497 e. The molecule has 0 unspecified atom stereocenters. The smallest absolute Gasteiger partial charge is 0.262 e. The van der Waals surface area contributed by atoms with Crippen LogP contribution in [0.1, 0.15) is 10.4 Å². The Morgan fingerprint density at radius 2 is 2.23 bits per heavy atom. The Morgan fingerprint density at radius 1 is 1.41 bits per heavy atom. The molecule has 112 valence electrons. The number of methoxy groups -OCH3 is 1. The van der Waals surface area contributed by atoms with Gasteiger partial charge in [-0.2, -0.15) is 0 Å². The molecule has 2 heterocycles. The Balaban J connectivity index is 2.12. The SMILES string of the molecule is COc1ccc2c(c1)c(=O)c(C(=O)Nc1nccs1)cn2C. The van der Waals surface area contributed by atoms with Crippen molar-refractivity contribution < 1.29 is 9.53 Å². The quantitative estimate of drug-likeness (QED) is 0.804. The first kappa shape index (κ1) is 14.3. The molecular formula is C15H13N3O3S. The first-order valence-electron chi connectivity index (χ1n) is 6.48. The molecule has 3 aromatic rings. The van der Waals surface area contributed by atoms with Gasteiger partial charge in [0.25, 0.3) is 5.91 Å². The molecule has 1 aromatic carbocycles. The predicted octanol–water partition coefficient (Wildman–Crippen LogP) is 2.26. The van der Waals surface area contributed by atoms with E-state index in [9.17, 15) is 9.59 Å². The van der Waals surface area contributed by atoms with Crippen molar-refractivity contribution in [2.45, 2.75) is 0 Å². The van der Waals surface area contributed by atoms with Gasteiger partial charge in [-0.05, 0) is 18.2 Å². The van der Waals surface area contributed by atoms with Crippen molar-refractivity contribution in [3.63, 3.8) is 0 Å². The summed E-state index contributed by atoms with van der Waals surface area (Å²) in [4.78, 5) is 28.8. The van der Waals surface area contributed by atoms with E-state index in [-0.39, 0.29) is 11.0 Å². The van der Waals surface area contributed by atoms with E-state index in [0.717, 1.165) is 5.52 Å². The summed E-state index contributed by atoms with van der Waals surface area (Å²) in [5.41, 5.74) is 0.469. The molecule has 1 N–H and O–H groups in total. The van der Waals surface area contributed by atoms with Crippen LogP contribution < -0.4 is 15.5 Å². The lowest BCUT2D eigenvalue weighted by Gasteiger charge is -2.10. The summed E-state index contributed by atoms with van der Waals surface area (Å²) in [6.07, 6.45) is 3.11. The van der Waals surface area contributed by atoms with Crippen molar-refractivity contribution in [2.24, 2.45) is 7.05 Å². The van der Waals surface area contributed by atoms with Gasteiger partial charge in [0.15, 0.2) is 5.13 Å². The number of fused-ring (bicyclic) bond motifs is 1. The summed E-state index contributed by atoms with van der Waals surface area (Å²) in [5.74, 6) is 0.0994. The van der Waals surface area contributed by atoms with Crippen LogP contribution >= 0.6 is 11.3 Å². The largest absolute Gasteiger partial charge is 0.497 e. The highest BCUT2D eigenvalue weighted by atomic mass is 32.1. The minimum atomic E-state index is -0.472. The monoisotopic (exact) mass is 315 g/mol. The number of rotatable bonds is 3. The summed E-state index contributed by atoms with van der Waals surface area (Å²) < 4.78 is 6.89. The first-order valence-corrected chi connectivity index (χ1v) is 7.36. The Bertz CT molecular complexity index is 900. The van der Waals surface area contributed by atoms with Crippen LogP contribution in [-0.2, 0) is 7.05 Å². The number of aryl methyl sites for hydroxylation is 1. The van der Waals surface area contributed by atoms with E-state index in [4.69, 9.17) is 4.74 Å². The van der Waals surface area contributed by atoms with Gasteiger partial charge in [-0.25, -0.2) is 4.98 Å². The summed E-state index contributed by atoms with van der Waals surface area (Å²) in [7, 11) is 3.32. The van der Waals surface area contributed by atoms with Crippen LogP contribution in [0, 0.1) is 0 Å². The zero-order valence-electron chi connectivity index (χ0n) is 12.0. The first-order chi connectivity index (χ1) is 10.6. The lowest BCUT2D eigenvalue weighted by atomic mass is 10.1. The number of hydrogen-bond donors (Lipinski definition) is 1. The number of aromatic nitrogens is 2. The van der Waals surface area contributed by atoms with Gasteiger partial charge in [-0.1, -0.05) is 0 Å². The lowest BCUT2D eigenvalue weighted by Crippen LogP contribution is -2.23. The molecule has 0 radical (unpaired) electrons. The van der Waals surface area contributed by atoms with Gasteiger partial charge >= 0.3 is 0 Å². The van der Waals surface area contributed by atoms with Crippen molar-refractivity contribution in [1.29, 1.82) is 0 Å². The molecule has 2 aromatic heterocycles. The van der Waals surface area contributed by atoms with Gasteiger partial charge in [0, 0.05) is 24.8 Å². The number of thiazole rings is 1. The number of carbonyl (C=O) groups is 1. The topological polar surface area (TPSA) is 73.2 Å². The average Bonchev–Trinajstić information content (AvgIpc) is 3.03. The summed E-state index contributed by atoms with van der Waals surface area (Å²) in [6.45, 7) is 0. The summed E-state index contributed by atoms with van der Waals surface area (Å²) in [5, 5.41) is 5.27. The van der Waals surface area contributed by atoms with Gasteiger partial charge in [0.05, 0.1) is 18.0 Å². The second kappa shape index (κ2) is 5.61. The molecule has 0 fully saturated rings. The molecule has 6 nitrogen and oxygen atoms in total. The summed E-state index contributed by atoms with van der Waals surface area (Å²) in [6, 6.07) is 5.20. The fourth-order valence-electron chi connectivity index (χ4n) is 2.21. The molecule has 0 aliphatic carbocycles. The number of carbonyl (C=O) groups excluding carboxylic acids is 1. The number of benzene rings is 1. The number of hydrogen-bond acceptors (Lipinski definition) is 5. The third-order valence-electron chi connectivity index (χ3n) is 3.29. The third kappa shape index (κ3) is 2.46. The van der Waals surface area contributed by atoms with E-state index in [1.165, 1.54) is 24.6 Å². The van der Waals surface area contributed by atoms with Gasteiger partial charge in [0.2, 0.25) is 5.43 Å². The molecular weight excluding hydrogens is 302 g/mol. The number of nitrogens with one attached hydrogen (secondary N) is 1. The van der Waals surface area contributed by atoms with Crippen LogP contribution in [0.25, 0.3) is 10.9 Å². The van der Waals surface area contributed by atoms with Gasteiger partial charge < -0.3 is 9.30 Å². The molecule has 7 heteroatoms. The van der Waals surface area contributed by atoms with Gasteiger partial charge in [0.1, 0.15) is 11.3 Å². The van der Waals surface area contributed by atoms with Crippen molar-refractivity contribution in [2.75, 3.05) is 12.4 Å². The average molecular weight is 315 g/mol. The van der Waals surface area contributed by atoms with E-state index < -0.39 is 5.91 Å². The van der Waals surface area contributed by atoms with Crippen LogP contribution in [0.5, 0.6) is 5.75 Å². The Hall–Kier alpha value is -2.67. The number of ether oxygens (including phenoxy) is 1. The molecule has 0 saturated carbocycles. The van der Waals surface area contributed by atoms with Crippen molar-refractivity contribution in [1.82, 2.24) is 9.55 Å². The van der Waals surface area contributed by atoms with Gasteiger partial charge in [-0.3, -0.25) is 14.9 Å². The second-order valence-electron chi connectivity index (χ2n) is 4.66. The predicted molar refractivity (Wildman–Crippen MR) is 85.8 cm³/mol. The Labute approximate surface area is 130 Å². The highest BCUT2D eigenvalue weighted by molar-refractivity contribution is 7.13. The van der Waals surface area contributed by atoms with Crippen molar-refractivity contribution >= 4 is 33.3 Å². The molecule has 0 saturated heterocycles. The fraction of sp³-hybridized carbons (Fsp3) is 0.133. The Kier molecular flexibility index (Phi) is 3.64. The normalized spacial score (nSPS) is 10.6. The molecule has 0 atom stereocenters. The minimum absolute atomic E-state index is 0.0680. The lowest BCUT2D eigenvalue weighted by molar-refractivity contribution is 0.102. The second-order valence-corrected chi connectivity index (χ2v) is 5.55. The van der Waals surface area contributed by atoms with Crippen LogP contribution in [0.4, 0.5) is 5.13 Å². The van der Waals surface area contributed by atoms with Gasteiger partial charge in [-0.15, -0.1) is 11.3 Å². The van der Waals surface area contributed by atoms with Crippen LogP contribution in [0.15, 0.2) is 40.8 Å². The third-order valence-corrected chi connectivity index (χ3v) is 3.98. The molecule has 22 heavy (non-hydrogen) atoms. The standard InChI is InChI=1S/C15H13N3O3S/c1-18-8-11(14(20)17-15-16-5-6-22-15)13(19)10-7-9(21-2)3-4-12(10)18/h3-8H,1-2H3,(H,16,17,20). The maximum absolute atomic E-state index is 12.6. The van der Waals surface area contributed by atoms with E-state index in [0.29, 0.717) is 16.3 Å². The number of amides is 1. The van der Waals surface area contributed by atoms with E-state index >= 15 is 0 Å². The highest BCUT2D eigenvalue weighted by Crippen LogP contribution is 2.19. The van der Waals surface area contributed by atoms with E-state index in [2.05, 4.69) is 10.3 Å². The zero-order chi connectivity index (χ0) is 15.7. The number of anilines is 1. The van der Waals surface area contributed by atoms with Crippen molar-refractivity contribution in [3.05, 3.63) is 51.8 Å². The molecule has 0 aliphatic rings. The maximum Gasteiger partial charge on any atom is 0.262 e.